The fraction of sp³-hybridized carbons (Fsp3) is 0.458. The lowest BCUT2D eigenvalue weighted by Gasteiger charge is -2.27. The number of rotatable bonds is 11. The first kappa shape index (κ1) is 27.8. The largest absolute Gasteiger partial charge is 0.495 e. The Morgan fingerprint density at radius 1 is 1.03 bits per heavy atom. The highest BCUT2D eigenvalue weighted by Crippen LogP contribution is 2.31. The van der Waals surface area contributed by atoms with Gasteiger partial charge in [0.15, 0.2) is 0 Å². The summed E-state index contributed by atoms with van der Waals surface area (Å²) >= 11 is 0. The van der Waals surface area contributed by atoms with Crippen LogP contribution in [-0.4, -0.2) is 66.7 Å². The Morgan fingerprint density at radius 2 is 1.69 bits per heavy atom. The molecule has 2 aromatic carbocycles. The van der Waals surface area contributed by atoms with E-state index in [1.807, 2.05) is 6.92 Å². The molecular weight excluding hydrogens is 506 g/mol. The Kier molecular flexibility index (Phi) is 9.20. The molecule has 1 fully saturated rings. The third-order valence-corrected chi connectivity index (χ3v) is 8.73. The molecule has 3 rings (SSSR count). The zero-order valence-electron chi connectivity index (χ0n) is 20.8. The number of hydrogen-bond donors (Lipinski definition) is 1. The van der Waals surface area contributed by atoms with Gasteiger partial charge in [0.2, 0.25) is 26.0 Å². The summed E-state index contributed by atoms with van der Waals surface area (Å²) in [5.41, 5.74) is 0.521. The smallest absolute Gasteiger partial charge is 0.246 e. The SMILES string of the molecule is CCCOc1ccc(N(CC(=O)Nc2ccc(OC)c(S(=O)(=O)N3CCCCC3)c2)S(C)(=O)=O)cc1. The molecule has 198 valence electrons. The van der Waals surface area contributed by atoms with Gasteiger partial charge in [0.25, 0.3) is 0 Å². The van der Waals surface area contributed by atoms with Crippen LogP contribution in [-0.2, 0) is 24.8 Å². The summed E-state index contributed by atoms with van der Waals surface area (Å²) in [5.74, 6) is 0.138. The van der Waals surface area contributed by atoms with E-state index in [0.717, 1.165) is 36.2 Å². The van der Waals surface area contributed by atoms with Crippen LogP contribution in [0.25, 0.3) is 0 Å². The predicted octanol–water partition coefficient (Wildman–Crippen LogP) is 3.06. The van der Waals surface area contributed by atoms with Gasteiger partial charge >= 0.3 is 0 Å². The molecule has 0 aromatic heterocycles. The maximum atomic E-state index is 13.2. The van der Waals surface area contributed by atoms with E-state index in [9.17, 15) is 21.6 Å². The molecule has 1 amide bonds. The molecule has 1 aliphatic heterocycles. The second-order valence-corrected chi connectivity index (χ2v) is 12.3. The summed E-state index contributed by atoms with van der Waals surface area (Å²) in [6, 6.07) is 10.7. The van der Waals surface area contributed by atoms with Crippen LogP contribution in [0.15, 0.2) is 47.4 Å². The highest BCUT2D eigenvalue weighted by molar-refractivity contribution is 7.92. The number of anilines is 2. The highest BCUT2D eigenvalue weighted by atomic mass is 32.2. The fourth-order valence-corrected chi connectivity index (χ4v) is 6.41. The minimum absolute atomic E-state index is 0.0488. The van der Waals surface area contributed by atoms with E-state index in [1.165, 1.54) is 29.6 Å². The number of nitrogens with zero attached hydrogens (tertiary/aromatic N) is 2. The van der Waals surface area contributed by atoms with Crippen LogP contribution in [0.2, 0.25) is 0 Å². The van der Waals surface area contributed by atoms with Crippen molar-refractivity contribution in [2.75, 3.05) is 49.2 Å². The molecule has 0 spiro atoms. The molecular formula is C24H33N3O7S2. The normalized spacial score (nSPS) is 14.8. The molecule has 1 aliphatic rings. The molecule has 2 aromatic rings. The summed E-state index contributed by atoms with van der Waals surface area (Å²) in [6.45, 7) is 2.87. The van der Waals surface area contributed by atoms with Crippen molar-refractivity contribution in [1.82, 2.24) is 4.31 Å². The zero-order valence-corrected chi connectivity index (χ0v) is 22.4. The van der Waals surface area contributed by atoms with Crippen molar-refractivity contribution in [3.05, 3.63) is 42.5 Å². The van der Waals surface area contributed by atoms with Crippen LogP contribution in [0.5, 0.6) is 11.5 Å². The molecule has 0 unspecified atom stereocenters. The third kappa shape index (κ3) is 6.89. The van der Waals surface area contributed by atoms with E-state index in [1.54, 1.807) is 24.3 Å². The first-order valence-corrected chi connectivity index (χ1v) is 15.0. The molecule has 0 saturated carbocycles. The number of piperidine rings is 1. The monoisotopic (exact) mass is 539 g/mol. The van der Waals surface area contributed by atoms with Gasteiger partial charge in [-0.25, -0.2) is 16.8 Å². The molecule has 1 heterocycles. The Balaban J connectivity index is 1.80. The second-order valence-electron chi connectivity index (χ2n) is 8.49. The summed E-state index contributed by atoms with van der Waals surface area (Å²) in [4.78, 5) is 12.8. The molecule has 1 N–H and O–H groups in total. The highest BCUT2D eigenvalue weighted by Gasteiger charge is 2.29. The summed E-state index contributed by atoms with van der Waals surface area (Å²) in [6.07, 6.45) is 4.39. The van der Waals surface area contributed by atoms with Crippen molar-refractivity contribution >= 4 is 37.3 Å². The molecule has 0 atom stereocenters. The summed E-state index contributed by atoms with van der Waals surface area (Å²) in [5, 5.41) is 2.61. The number of ether oxygens (including phenoxy) is 2. The van der Waals surface area contributed by atoms with Crippen LogP contribution >= 0.6 is 0 Å². The van der Waals surface area contributed by atoms with Gasteiger partial charge in [-0.2, -0.15) is 4.31 Å². The van der Waals surface area contributed by atoms with Gasteiger partial charge in [-0.1, -0.05) is 13.3 Å². The van der Waals surface area contributed by atoms with Crippen molar-refractivity contribution in [3.63, 3.8) is 0 Å². The first-order valence-electron chi connectivity index (χ1n) is 11.7. The van der Waals surface area contributed by atoms with E-state index in [0.29, 0.717) is 31.1 Å². The van der Waals surface area contributed by atoms with Gasteiger partial charge in [-0.15, -0.1) is 0 Å². The molecule has 1 saturated heterocycles. The lowest BCUT2D eigenvalue weighted by atomic mass is 10.2. The van der Waals surface area contributed by atoms with E-state index >= 15 is 0 Å². The topological polar surface area (TPSA) is 122 Å². The van der Waals surface area contributed by atoms with Crippen molar-refractivity contribution in [1.29, 1.82) is 0 Å². The zero-order chi connectivity index (χ0) is 26.3. The molecule has 0 radical (unpaired) electrons. The van der Waals surface area contributed by atoms with Gasteiger partial charge in [0.1, 0.15) is 22.9 Å². The summed E-state index contributed by atoms with van der Waals surface area (Å²) in [7, 11) is -6.23. The molecule has 12 heteroatoms. The van der Waals surface area contributed by atoms with Gasteiger partial charge in [0, 0.05) is 18.8 Å². The number of carbonyl (C=O) groups is 1. The average Bonchev–Trinajstić information content (AvgIpc) is 2.86. The maximum Gasteiger partial charge on any atom is 0.246 e. The Bertz CT molecular complexity index is 1260. The Morgan fingerprint density at radius 3 is 2.28 bits per heavy atom. The standard InChI is InChI=1S/C24H33N3O7S2/c1-4-16-34-21-11-9-20(10-12-21)27(35(3,29)30)18-24(28)25-19-8-13-22(33-2)23(17-19)36(31,32)26-14-6-5-7-15-26/h8-13,17H,4-7,14-16,18H2,1-3H3,(H,25,28). The van der Waals surface area contributed by atoms with Gasteiger partial charge < -0.3 is 14.8 Å². The van der Waals surface area contributed by atoms with E-state index in [-0.39, 0.29) is 16.3 Å². The van der Waals surface area contributed by atoms with Gasteiger partial charge in [-0.3, -0.25) is 9.10 Å². The van der Waals surface area contributed by atoms with Crippen molar-refractivity contribution < 1.29 is 31.1 Å². The summed E-state index contributed by atoms with van der Waals surface area (Å²) < 4.78 is 64.5. The van der Waals surface area contributed by atoms with Gasteiger partial charge in [-0.05, 0) is 61.7 Å². The Hall–Kier alpha value is -2.83. The lowest BCUT2D eigenvalue weighted by Crippen LogP contribution is -2.37. The number of benzene rings is 2. The molecule has 36 heavy (non-hydrogen) atoms. The second kappa shape index (κ2) is 11.9. The van der Waals surface area contributed by atoms with E-state index in [4.69, 9.17) is 9.47 Å². The number of methoxy groups -OCH3 is 1. The average molecular weight is 540 g/mol. The van der Waals surface area contributed by atoms with Crippen LogP contribution in [0, 0.1) is 0 Å². The van der Waals surface area contributed by atoms with Crippen LogP contribution < -0.4 is 19.1 Å². The number of carbonyl (C=O) groups excluding carboxylic acids is 1. The van der Waals surface area contributed by atoms with Crippen LogP contribution in [0.4, 0.5) is 11.4 Å². The fourth-order valence-electron chi connectivity index (χ4n) is 3.86. The molecule has 0 bridgehead atoms. The van der Waals surface area contributed by atoms with Crippen molar-refractivity contribution in [3.8, 4) is 11.5 Å². The predicted molar refractivity (Wildman–Crippen MR) is 139 cm³/mol. The van der Waals surface area contributed by atoms with E-state index in [2.05, 4.69) is 5.32 Å². The van der Waals surface area contributed by atoms with Crippen LogP contribution in [0.3, 0.4) is 0 Å². The maximum absolute atomic E-state index is 13.2. The molecule has 10 nitrogen and oxygen atoms in total. The number of nitrogens with one attached hydrogen (secondary N) is 1. The van der Waals surface area contributed by atoms with E-state index < -0.39 is 32.5 Å². The minimum atomic E-state index is -3.82. The Labute approximate surface area is 213 Å². The minimum Gasteiger partial charge on any atom is -0.495 e. The lowest BCUT2D eigenvalue weighted by molar-refractivity contribution is -0.114. The number of sulfonamides is 2. The number of amides is 1. The van der Waals surface area contributed by atoms with Crippen molar-refractivity contribution in [2.45, 2.75) is 37.5 Å². The van der Waals surface area contributed by atoms with Crippen LogP contribution in [0.1, 0.15) is 32.6 Å². The molecule has 0 aliphatic carbocycles. The first-order chi connectivity index (χ1) is 17.1. The van der Waals surface area contributed by atoms with Crippen molar-refractivity contribution in [2.24, 2.45) is 0 Å². The van der Waals surface area contributed by atoms with Gasteiger partial charge in [0.05, 0.1) is 25.7 Å². The quantitative estimate of drug-likeness (QED) is 0.466. The number of hydrogen-bond acceptors (Lipinski definition) is 7. The third-order valence-electron chi connectivity index (χ3n) is 5.67.